The number of aryl methyl sites for hydroxylation is 1. The van der Waals surface area contributed by atoms with Crippen LogP contribution < -0.4 is 10.6 Å². The maximum atomic E-state index is 12.8. The summed E-state index contributed by atoms with van der Waals surface area (Å²) in [5, 5.41) is 7.78. The number of piperazine rings is 1. The van der Waals surface area contributed by atoms with Crippen molar-refractivity contribution in [2.45, 2.75) is 38.5 Å². The van der Waals surface area contributed by atoms with E-state index >= 15 is 0 Å². The van der Waals surface area contributed by atoms with Crippen molar-refractivity contribution in [3.8, 4) is 10.6 Å². The number of anilines is 2. The Kier molecular flexibility index (Phi) is 6.64. The highest BCUT2D eigenvalue weighted by molar-refractivity contribution is 7.15. The number of nitrogens with one attached hydrogen (secondary N) is 2. The van der Waals surface area contributed by atoms with Crippen LogP contribution in [-0.2, 0) is 4.79 Å². The zero-order valence-electron chi connectivity index (χ0n) is 19.0. The number of carbonyl (C=O) groups excluding carboxylic acids is 1. The molecule has 1 aliphatic heterocycles. The first-order valence-electron chi connectivity index (χ1n) is 11.8. The summed E-state index contributed by atoms with van der Waals surface area (Å²) >= 11 is 1.73. The number of amides is 1. The van der Waals surface area contributed by atoms with Gasteiger partial charge in [-0.15, -0.1) is 11.3 Å². The van der Waals surface area contributed by atoms with E-state index in [-0.39, 0.29) is 5.92 Å². The van der Waals surface area contributed by atoms with Crippen molar-refractivity contribution in [2.24, 2.45) is 5.92 Å². The lowest BCUT2D eigenvalue weighted by Gasteiger charge is -2.33. The zero-order valence-corrected chi connectivity index (χ0v) is 19.8. The molecule has 3 aromatic heterocycles. The van der Waals surface area contributed by atoms with Crippen molar-refractivity contribution in [1.82, 2.24) is 25.2 Å². The van der Waals surface area contributed by atoms with Crippen LogP contribution in [0.1, 0.15) is 42.2 Å². The predicted octanol–water partition coefficient (Wildman–Crippen LogP) is 4.36. The molecule has 0 aromatic carbocycles. The molecule has 0 spiro atoms. The largest absolute Gasteiger partial charge is 0.340 e. The molecular weight excluding hydrogens is 432 g/mol. The van der Waals surface area contributed by atoms with Crippen LogP contribution in [-0.4, -0.2) is 51.9 Å². The van der Waals surface area contributed by atoms with Gasteiger partial charge in [-0.05, 0) is 62.4 Å². The van der Waals surface area contributed by atoms with Crippen molar-refractivity contribution in [2.75, 3.05) is 31.5 Å². The molecule has 3 aromatic rings. The number of hydrogen-bond acceptors (Lipinski definition) is 7. The summed E-state index contributed by atoms with van der Waals surface area (Å²) in [7, 11) is 0. The molecule has 4 heterocycles. The maximum absolute atomic E-state index is 12.8. The molecule has 8 heteroatoms. The van der Waals surface area contributed by atoms with Crippen molar-refractivity contribution < 1.29 is 4.79 Å². The summed E-state index contributed by atoms with van der Waals surface area (Å²) in [6.45, 7) is 5.56. The Hall–Kier alpha value is -2.84. The van der Waals surface area contributed by atoms with Crippen molar-refractivity contribution in [3.05, 3.63) is 53.3 Å². The Labute approximate surface area is 198 Å². The summed E-state index contributed by atoms with van der Waals surface area (Å²) in [5.41, 5.74) is 2.07. The van der Waals surface area contributed by atoms with Crippen LogP contribution in [0.25, 0.3) is 10.6 Å². The van der Waals surface area contributed by atoms with Crippen LogP contribution in [0.4, 0.5) is 11.6 Å². The summed E-state index contributed by atoms with van der Waals surface area (Å²) < 4.78 is 0. The van der Waals surface area contributed by atoms with Gasteiger partial charge >= 0.3 is 0 Å². The average molecular weight is 463 g/mol. The normalized spacial score (nSPS) is 21.1. The van der Waals surface area contributed by atoms with Crippen LogP contribution in [0.2, 0.25) is 0 Å². The third kappa shape index (κ3) is 5.23. The molecule has 0 unspecified atom stereocenters. The number of pyridine rings is 2. The second kappa shape index (κ2) is 9.97. The fraction of sp³-hybridized carbons (Fsp3) is 0.440. The second-order valence-corrected chi connectivity index (χ2v) is 10.0. The van der Waals surface area contributed by atoms with E-state index in [1.165, 1.54) is 5.01 Å². The lowest BCUT2D eigenvalue weighted by molar-refractivity contribution is -0.137. The third-order valence-corrected chi connectivity index (χ3v) is 7.73. The van der Waals surface area contributed by atoms with Gasteiger partial charge in [-0.25, -0.2) is 15.0 Å². The first kappa shape index (κ1) is 22.0. The van der Waals surface area contributed by atoms with Gasteiger partial charge in [-0.1, -0.05) is 6.07 Å². The van der Waals surface area contributed by atoms with Gasteiger partial charge in [0.15, 0.2) is 0 Å². The van der Waals surface area contributed by atoms with Gasteiger partial charge in [0.2, 0.25) is 5.91 Å². The minimum atomic E-state index is 0.179. The van der Waals surface area contributed by atoms with Gasteiger partial charge in [-0.3, -0.25) is 4.79 Å². The topological polar surface area (TPSA) is 83.0 Å². The fourth-order valence-corrected chi connectivity index (χ4v) is 5.76. The van der Waals surface area contributed by atoms with Gasteiger partial charge in [0, 0.05) is 50.4 Å². The molecule has 1 aliphatic carbocycles. The lowest BCUT2D eigenvalue weighted by atomic mass is 9.81. The van der Waals surface area contributed by atoms with E-state index in [0.29, 0.717) is 11.8 Å². The molecule has 0 radical (unpaired) electrons. The molecular formula is C25H30N6OS. The Morgan fingerprint density at radius 3 is 2.70 bits per heavy atom. The summed E-state index contributed by atoms with van der Waals surface area (Å²) in [6, 6.07) is 9.96. The highest BCUT2D eigenvalue weighted by atomic mass is 32.1. The number of thiazole rings is 1. The van der Waals surface area contributed by atoms with Crippen molar-refractivity contribution in [1.29, 1.82) is 0 Å². The minimum Gasteiger partial charge on any atom is -0.340 e. The van der Waals surface area contributed by atoms with E-state index in [9.17, 15) is 4.79 Å². The van der Waals surface area contributed by atoms with Gasteiger partial charge < -0.3 is 15.5 Å². The quantitative estimate of drug-likeness (QED) is 0.586. The SMILES string of the molecule is Cc1ccnc(Nc2cccc(-c3cnc([C@H]4CC[C@H](C(=O)N5CCNCC5)CC4)s3)n2)c1. The average Bonchev–Trinajstić information content (AvgIpc) is 3.35. The van der Waals surface area contributed by atoms with Crippen LogP contribution in [0.3, 0.4) is 0 Å². The third-order valence-electron chi connectivity index (χ3n) is 6.55. The smallest absolute Gasteiger partial charge is 0.225 e. The van der Waals surface area contributed by atoms with Crippen molar-refractivity contribution in [3.63, 3.8) is 0 Å². The number of rotatable bonds is 5. The van der Waals surface area contributed by atoms with Gasteiger partial charge in [0.1, 0.15) is 11.6 Å². The number of hydrogen-bond donors (Lipinski definition) is 2. The van der Waals surface area contributed by atoms with E-state index in [0.717, 1.165) is 79.6 Å². The van der Waals surface area contributed by atoms with E-state index in [1.54, 1.807) is 17.5 Å². The van der Waals surface area contributed by atoms with Crippen LogP contribution in [0.15, 0.2) is 42.7 Å². The molecule has 2 aliphatic rings. The molecule has 1 amide bonds. The lowest BCUT2D eigenvalue weighted by Crippen LogP contribution is -2.48. The fourth-order valence-electron chi connectivity index (χ4n) is 4.70. The Balaban J connectivity index is 1.21. The molecule has 33 heavy (non-hydrogen) atoms. The minimum absolute atomic E-state index is 0.179. The van der Waals surface area contributed by atoms with E-state index in [2.05, 4.69) is 15.6 Å². The number of carbonyl (C=O) groups is 1. The first-order chi connectivity index (χ1) is 16.2. The second-order valence-electron chi connectivity index (χ2n) is 8.94. The molecule has 5 rings (SSSR count). The van der Waals surface area contributed by atoms with E-state index in [4.69, 9.17) is 9.97 Å². The maximum Gasteiger partial charge on any atom is 0.225 e. The van der Waals surface area contributed by atoms with Crippen LogP contribution in [0.5, 0.6) is 0 Å². The van der Waals surface area contributed by atoms with Gasteiger partial charge in [0.25, 0.3) is 0 Å². The molecule has 7 nitrogen and oxygen atoms in total. The Bertz CT molecular complexity index is 1100. The van der Waals surface area contributed by atoms with E-state index in [1.807, 2.05) is 48.4 Å². The van der Waals surface area contributed by atoms with Crippen molar-refractivity contribution >= 4 is 28.9 Å². The molecule has 2 N–H and O–H groups in total. The van der Waals surface area contributed by atoms with Gasteiger partial charge in [0.05, 0.1) is 15.6 Å². The Morgan fingerprint density at radius 1 is 1.09 bits per heavy atom. The van der Waals surface area contributed by atoms with Crippen LogP contribution in [0, 0.1) is 12.8 Å². The molecule has 1 saturated carbocycles. The van der Waals surface area contributed by atoms with Crippen LogP contribution >= 0.6 is 11.3 Å². The highest BCUT2D eigenvalue weighted by Gasteiger charge is 2.31. The van der Waals surface area contributed by atoms with E-state index < -0.39 is 0 Å². The molecule has 0 bridgehead atoms. The standard InChI is InChI=1S/C25H30N6OS/c1-17-9-10-27-23(15-17)30-22-4-2-3-20(29-22)21-16-28-24(33-21)18-5-7-19(8-6-18)25(32)31-13-11-26-12-14-31/h2-4,9-10,15-16,18-19,26H,5-8,11-14H2,1H3,(H,27,29,30)/t18-,19-. The molecule has 0 atom stereocenters. The Morgan fingerprint density at radius 2 is 1.91 bits per heavy atom. The summed E-state index contributed by atoms with van der Waals surface area (Å²) in [5.74, 6) is 2.53. The zero-order chi connectivity index (χ0) is 22.6. The molecule has 172 valence electrons. The molecule has 1 saturated heterocycles. The number of aromatic nitrogens is 3. The first-order valence-corrected chi connectivity index (χ1v) is 12.6. The van der Waals surface area contributed by atoms with Gasteiger partial charge in [-0.2, -0.15) is 0 Å². The monoisotopic (exact) mass is 462 g/mol. The number of nitrogens with zero attached hydrogens (tertiary/aromatic N) is 4. The highest BCUT2D eigenvalue weighted by Crippen LogP contribution is 2.39. The summed E-state index contributed by atoms with van der Waals surface area (Å²) in [6.07, 6.45) is 7.72. The molecule has 2 fully saturated rings. The predicted molar refractivity (Wildman–Crippen MR) is 132 cm³/mol. The summed E-state index contributed by atoms with van der Waals surface area (Å²) in [4.78, 5) is 29.8.